The van der Waals surface area contributed by atoms with E-state index in [4.69, 9.17) is 0 Å². The topological polar surface area (TPSA) is 38.5 Å². The van der Waals surface area contributed by atoms with Crippen LogP contribution in [0.4, 0.5) is 0 Å². The summed E-state index contributed by atoms with van der Waals surface area (Å²) in [6, 6.07) is 0. The zero-order valence-corrected chi connectivity index (χ0v) is 7.91. The van der Waals surface area contributed by atoms with Gasteiger partial charge in [0.1, 0.15) is 4.91 Å². The van der Waals surface area contributed by atoms with Crippen LogP contribution in [0.15, 0.2) is 0 Å². The van der Waals surface area contributed by atoms with E-state index in [0.29, 0.717) is 13.2 Å². The first-order valence-electron chi connectivity index (χ1n) is 4.54. The molecule has 0 aliphatic carbocycles. The van der Waals surface area contributed by atoms with Gasteiger partial charge in [0.2, 0.25) is 0 Å². The molecule has 0 fully saturated rings. The molecule has 0 N–H and O–H groups in total. The average Bonchev–Trinajstić information content (AvgIpc) is 2.06. The minimum absolute atomic E-state index is 0.214. The van der Waals surface area contributed by atoms with Crippen LogP contribution in [-0.2, 0) is 9.68 Å². The van der Waals surface area contributed by atoms with Gasteiger partial charge < -0.3 is 0 Å². The smallest absolute Gasteiger partial charge is 0.187 e. The number of nitrogens with zero attached hydrogens (tertiary/aromatic N) is 1. The van der Waals surface area contributed by atoms with Gasteiger partial charge in [-0.2, -0.15) is 9.68 Å². The highest BCUT2D eigenvalue weighted by atomic mass is 17.0. The average molecular weight is 176 g/mol. The van der Waals surface area contributed by atoms with Crippen LogP contribution in [0.2, 0.25) is 0 Å². The summed E-state index contributed by atoms with van der Waals surface area (Å²) >= 11 is 0. The van der Waals surface area contributed by atoms with Crippen LogP contribution in [-0.4, -0.2) is 18.3 Å². The first-order valence-corrected chi connectivity index (χ1v) is 4.54. The first-order chi connectivity index (χ1) is 5.81. The molecule has 0 aromatic rings. The Bertz CT molecular complexity index is 105. The summed E-state index contributed by atoms with van der Waals surface area (Å²) in [4.78, 5) is 20.0. The lowest BCUT2D eigenvalue weighted by atomic mass is 10.4. The van der Waals surface area contributed by atoms with Crippen molar-refractivity contribution in [3.63, 3.8) is 0 Å². The number of rotatable bonds is 8. The molecule has 0 spiro atoms. The molecule has 0 aliphatic heterocycles. The molecule has 0 atom stereocenters. The Morgan fingerprint density at radius 2 is 1.42 bits per heavy atom. The Morgan fingerprint density at radius 1 is 1.00 bits per heavy atom. The third kappa shape index (κ3) is 7.31. The maximum absolute atomic E-state index is 10.7. The summed E-state index contributed by atoms with van der Waals surface area (Å²) in [6.45, 7) is 4.95. The molecular formula is C8H18NO3+. The normalized spacial score (nSPS) is 9.50. The molecular weight excluding hydrogens is 158 g/mol. The summed E-state index contributed by atoms with van der Waals surface area (Å²) in [5, 5.41) is 0.214. The van der Waals surface area contributed by atoms with Crippen molar-refractivity contribution >= 4 is 0 Å². The van der Waals surface area contributed by atoms with E-state index in [0.717, 1.165) is 25.7 Å². The van der Waals surface area contributed by atoms with Gasteiger partial charge in [0, 0.05) is 0 Å². The van der Waals surface area contributed by atoms with Crippen LogP contribution < -0.4 is 0 Å². The Hall–Kier alpha value is -0.800. The van der Waals surface area contributed by atoms with Crippen molar-refractivity contribution in [1.29, 1.82) is 0 Å². The van der Waals surface area contributed by atoms with Gasteiger partial charge in [-0.05, 0) is 12.8 Å². The predicted octanol–water partition coefficient (Wildman–Crippen LogP) is 2.23. The van der Waals surface area contributed by atoms with E-state index < -0.39 is 0 Å². The molecule has 12 heavy (non-hydrogen) atoms. The molecule has 0 aromatic heterocycles. The second-order valence-electron chi connectivity index (χ2n) is 2.60. The summed E-state index contributed by atoms with van der Waals surface area (Å²) in [6.07, 6.45) is 3.80. The Labute approximate surface area is 73.3 Å². The number of hydrogen-bond acceptors (Lipinski definition) is 3. The van der Waals surface area contributed by atoms with Crippen molar-refractivity contribution in [2.45, 2.75) is 39.5 Å². The fraction of sp³-hybridized carbons (Fsp3) is 1.00. The molecule has 0 heterocycles. The monoisotopic (exact) mass is 176 g/mol. The quantitative estimate of drug-likeness (QED) is 0.420. The molecule has 0 amide bonds. The molecule has 0 rings (SSSR count). The number of hydrogen-bond donors (Lipinski definition) is 0. The van der Waals surface area contributed by atoms with Crippen molar-refractivity contribution in [1.82, 2.24) is 0 Å². The lowest BCUT2D eigenvalue weighted by Gasteiger charge is -1.92. The van der Waals surface area contributed by atoms with Crippen LogP contribution in [0.1, 0.15) is 39.5 Å². The van der Waals surface area contributed by atoms with Crippen molar-refractivity contribution < 1.29 is 14.8 Å². The van der Waals surface area contributed by atoms with Crippen LogP contribution in [0, 0.1) is 4.91 Å². The molecule has 72 valence electrons. The molecule has 0 bridgehead atoms. The Morgan fingerprint density at radius 3 is 1.75 bits per heavy atom. The van der Waals surface area contributed by atoms with Crippen LogP contribution >= 0.6 is 0 Å². The molecule has 4 heteroatoms. The van der Waals surface area contributed by atoms with Crippen molar-refractivity contribution in [3.8, 4) is 0 Å². The van der Waals surface area contributed by atoms with Gasteiger partial charge in [-0.25, -0.2) is 0 Å². The minimum Gasteiger partial charge on any atom is -0.187 e. The minimum atomic E-state index is 0.214. The van der Waals surface area contributed by atoms with Crippen LogP contribution in [0.25, 0.3) is 0 Å². The van der Waals surface area contributed by atoms with E-state index in [1.807, 2.05) is 13.8 Å². The lowest BCUT2D eigenvalue weighted by molar-refractivity contribution is -0.981. The van der Waals surface area contributed by atoms with E-state index in [1.165, 1.54) is 0 Å². The molecule has 0 aromatic carbocycles. The SMILES string of the molecule is CCCCO[N+](=O)OCCCC. The summed E-state index contributed by atoms with van der Waals surface area (Å²) in [7, 11) is 0. The molecule has 4 nitrogen and oxygen atoms in total. The van der Waals surface area contributed by atoms with Crippen molar-refractivity contribution in [2.75, 3.05) is 13.2 Å². The molecule has 0 saturated carbocycles. The summed E-state index contributed by atoms with van der Waals surface area (Å²) in [5.74, 6) is 0. The van der Waals surface area contributed by atoms with E-state index in [-0.39, 0.29) is 5.09 Å². The fourth-order valence-electron chi connectivity index (χ4n) is 0.604. The van der Waals surface area contributed by atoms with E-state index >= 15 is 0 Å². The van der Waals surface area contributed by atoms with E-state index in [2.05, 4.69) is 9.68 Å². The van der Waals surface area contributed by atoms with E-state index in [9.17, 15) is 4.91 Å². The second kappa shape index (κ2) is 8.30. The molecule has 0 radical (unpaired) electrons. The van der Waals surface area contributed by atoms with Gasteiger partial charge in [-0.15, -0.1) is 0 Å². The molecule has 0 unspecified atom stereocenters. The largest absolute Gasteiger partial charge is 0.477 e. The van der Waals surface area contributed by atoms with Crippen molar-refractivity contribution in [3.05, 3.63) is 4.91 Å². The van der Waals surface area contributed by atoms with Gasteiger partial charge >= 0.3 is 5.09 Å². The van der Waals surface area contributed by atoms with E-state index in [1.54, 1.807) is 0 Å². The highest BCUT2D eigenvalue weighted by molar-refractivity contribution is 4.26. The van der Waals surface area contributed by atoms with Gasteiger partial charge in [0.05, 0.1) is 0 Å². The maximum Gasteiger partial charge on any atom is 0.477 e. The zero-order chi connectivity index (χ0) is 9.23. The summed E-state index contributed by atoms with van der Waals surface area (Å²) in [5.41, 5.74) is 0. The second-order valence-corrected chi connectivity index (χ2v) is 2.60. The molecule has 0 aliphatic rings. The van der Waals surface area contributed by atoms with Crippen LogP contribution in [0.5, 0.6) is 0 Å². The van der Waals surface area contributed by atoms with Crippen LogP contribution in [0.3, 0.4) is 0 Å². The Kier molecular flexibility index (Phi) is 7.74. The number of unbranched alkanes of at least 4 members (excludes halogenated alkanes) is 2. The lowest BCUT2D eigenvalue weighted by Crippen LogP contribution is -2.12. The third-order valence-electron chi connectivity index (χ3n) is 1.39. The van der Waals surface area contributed by atoms with Crippen molar-refractivity contribution in [2.24, 2.45) is 0 Å². The Balaban J connectivity index is 3.10. The first kappa shape index (κ1) is 11.2. The summed E-state index contributed by atoms with van der Waals surface area (Å²) < 4.78 is 0. The highest BCUT2D eigenvalue weighted by Gasteiger charge is 2.09. The fourth-order valence-corrected chi connectivity index (χ4v) is 0.604. The predicted molar refractivity (Wildman–Crippen MR) is 45.3 cm³/mol. The van der Waals surface area contributed by atoms with Gasteiger partial charge in [-0.1, -0.05) is 26.7 Å². The molecule has 0 saturated heterocycles. The highest BCUT2D eigenvalue weighted by Crippen LogP contribution is 1.92. The third-order valence-corrected chi connectivity index (χ3v) is 1.39. The maximum atomic E-state index is 10.7. The van der Waals surface area contributed by atoms with Gasteiger partial charge in [0.15, 0.2) is 13.2 Å². The van der Waals surface area contributed by atoms with Gasteiger partial charge in [-0.3, -0.25) is 0 Å². The van der Waals surface area contributed by atoms with Gasteiger partial charge in [0.25, 0.3) is 0 Å². The standard InChI is InChI=1S/C8H18NO3/c1-3-5-7-11-9(10)12-8-6-4-2/h3-8H2,1-2H3/q+1. The zero-order valence-electron chi connectivity index (χ0n) is 7.91.